The van der Waals surface area contributed by atoms with E-state index in [2.05, 4.69) is 50.2 Å². The Labute approximate surface area is 138 Å². The molecule has 1 heterocycles. The topological polar surface area (TPSA) is 4.44 Å². The number of hydrogen-bond acceptors (Lipinski definition) is 0. The Morgan fingerprint density at radius 2 is 1.55 bits per heavy atom. The first-order chi connectivity index (χ1) is 10.6. The van der Waals surface area contributed by atoms with Gasteiger partial charge < -0.3 is 4.90 Å². The molecule has 1 aliphatic heterocycles. The minimum absolute atomic E-state index is 0.619. The Morgan fingerprint density at radius 1 is 0.955 bits per heavy atom. The lowest BCUT2D eigenvalue weighted by Gasteiger charge is -2.23. The highest BCUT2D eigenvalue weighted by molar-refractivity contribution is 6.30. The molecule has 2 aromatic rings. The Hall–Kier alpha value is -1.31. The zero-order chi connectivity index (χ0) is 15.5. The van der Waals surface area contributed by atoms with E-state index < -0.39 is 0 Å². The third-order valence-electron chi connectivity index (χ3n) is 4.91. The van der Waals surface area contributed by atoms with E-state index in [-0.39, 0.29) is 0 Å². The maximum absolute atomic E-state index is 6.02. The van der Waals surface area contributed by atoms with E-state index >= 15 is 0 Å². The molecule has 0 fully saturated rings. The van der Waals surface area contributed by atoms with Gasteiger partial charge in [0.15, 0.2) is 0 Å². The van der Waals surface area contributed by atoms with Crippen LogP contribution in [0.5, 0.6) is 0 Å². The molecule has 1 aliphatic rings. The summed E-state index contributed by atoms with van der Waals surface area (Å²) < 4.78 is 0. The largest absolute Gasteiger partial charge is 0.327 e. The summed E-state index contributed by atoms with van der Waals surface area (Å²) in [6.45, 7) is 8.25. The van der Waals surface area contributed by atoms with E-state index in [1.807, 2.05) is 12.1 Å². The highest BCUT2D eigenvalue weighted by Crippen LogP contribution is 2.28. The molecule has 0 saturated carbocycles. The summed E-state index contributed by atoms with van der Waals surface area (Å²) in [5.74, 6) is 1.28. The van der Waals surface area contributed by atoms with Crippen LogP contribution in [0.25, 0.3) is 0 Å². The second-order valence-corrected chi connectivity index (χ2v) is 7.25. The highest BCUT2D eigenvalue weighted by Gasteiger charge is 2.24. The van der Waals surface area contributed by atoms with Crippen LogP contribution in [0.1, 0.15) is 42.9 Å². The maximum atomic E-state index is 6.02. The Bertz CT molecular complexity index is 593. The van der Waals surface area contributed by atoms with Gasteiger partial charge in [0.25, 0.3) is 0 Å². The first kappa shape index (κ1) is 15.6. The molecule has 1 N–H and O–H groups in total. The fraction of sp³-hybridized carbons (Fsp3) is 0.400. The smallest absolute Gasteiger partial charge is 0.104 e. The second kappa shape index (κ2) is 6.85. The number of rotatable bonds is 5. The second-order valence-electron chi connectivity index (χ2n) is 6.81. The SMILES string of the molecule is CC(C)[C@H](CC[NH+]1Cc2ccccc2C1)c1ccc(Cl)cc1. The number of halogens is 1. The van der Waals surface area contributed by atoms with E-state index in [0.29, 0.717) is 11.8 Å². The van der Waals surface area contributed by atoms with Gasteiger partial charge >= 0.3 is 0 Å². The van der Waals surface area contributed by atoms with Crippen molar-refractivity contribution in [2.75, 3.05) is 6.54 Å². The van der Waals surface area contributed by atoms with Crippen LogP contribution in [0.3, 0.4) is 0 Å². The molecule has 0 amide bonds. The Kier molecular flexibility index (Phi) is 4.85. The molecule has 2 heteroatoms. The monoisotopic (exact) mass is 314 g/mol. The summed E-state index contributed by atoms with van der Waals surface area (Å²) in [5, 5.41) is 0.826. The fourth-order valence-electron chi connectivity index (χ4n) is 3.63. The van der Waals surface area contributed by atoms with Crippen LogP contribution in [0.15, 0.2) is 48.5 Å². The average Bonchev–Trinajstić information content (AvgIpc) is 2.91. The lowest BCUT2D eigenvalue weighted by molar-refractivity contribution is -0.921. The van der Waals surface area contributed by atoms with Crippen molar-refractivity contribution in [3.8, 4) is 0 Å². The molecule has 3 rings (SSSR count). The quantitative estimate of drug-likeness (QED) is 0.848. The molecule has 22 heavy (non-hydrogen) atoms. The van der Waals surface area contributed by atoms with Crippen molar-refractivity contribution in [2.24, 2.45) is 5.92 Å². The van der Waals surface area contributed by atoms with Crippen LogP contribution in [0.2, 0.25) is 5.02 Å². The van der Waals surface area contributed by atoms with E-state index in [0.717, 1.165) is 5.02 Å². The molecule has 0 spiro atoms. The number of nitrogens with one attached hydrogen (secondary N) is 1. The number of hydrogen-bond donors (Lipinski definition) is 1. The van der Waals surface area contributed by atoms with Gasteiger partial charge in [0, 0.05) is 22.6 Å². The normalized spacial score (nSPS) is 16.0. The lowest BCUT2D eigenvalue weighted by Crippen LogP contribution is -3.07. The molecule has 0 radical (unpaired) electrons. The molecule has 116 valence electrons. The van der Waals surface area contributed by atoms with Crippen molar-refractivity contribution in [3.63, 3.8) is 0 Å². The van der Waals surface area contributed by atoms with Crippen molar-refractivity contribution in [1.82, 2.24) is 0 Å². The molecular formula is C20H25ClN+. The third-order valence-corrected chi connectivity index (χ3v) is 5.16. The van der Waals surface area contributed by atoms with Crippen molar-refractivity contribution >= 4 is 11.6 Å². The number of fused-ring (bicyclic) bond motifs is 1. The fourth-order valence-corrected chi connectivity index (χ4v) is 3.76. The average molecular weight is 315 g/mol. The summed E-state index contributed by atoms with van der Waals surface area (Å²) in [6, 6.07) is 17.3. The molecule has 0 bridgehead atoms. The summed E-state index contributed by atoms with van der Waals surface area (Å²) in [5.41, 5.74) is 4.49. The van der Waals surface area contributed by atoms with Gasteiger partial charge in [-0.1, -0.05) is 61.8 Å². The first-order valence-corrected chi connectivity index (χ1v) is 8.67. The van der Waals surface area contributed by atoms with E-state index in [1.54, 1.807) is 4.90 Å². The maximum Gasteiger partial charge on any atom is 0.104 e. The van der Waals surface area contributed by atoms with Crippen LogP contribution in [0, 0.1) is 5.92 Å². The highest BCUT2D eigenvalue weighted by atomic mass is 35.5. The molecule has 0 aromatic heterocycles. The zero-order valence-electron chi connectivity index (χ0n) is 13.5. The zero-order valence-corrected chi connectivity index (χ0v) is 14.2. The van der Waals surface area contributed by atoms with Crippen LogP contribution >= 0.6 is 11.6 Å². The number of quaternary nitrogens is 1. The standard InChI is InChI=1S/C20H24ClN/c1-15(2)20(16-7-9-19(21)10-8-16)11-12-22-13-17-5-3-4-6-18(17)14-22/h3-10,15,20H,11-14H2,1-2H3/p+1/t20-/m0/s1. The first-order valence-electron chi connectivity index (χ1n) is 8.29. The lowest BCUT2D eigenvalue weighted by atomic mass is 9.85. The molecular weight excluding hydrogens is 290 g/mol. The van der Waals surface area contributed by atoms with Crippen molar-refractivity contribution in [1.29, 1.82) is 0 Å². The van der Waals surface area contributed by atoms with E-state index in [9.17, 15) is 0 Å². The summed E-state index contributed by atoms with van der Waals surface area (Å²) in [4.78, 5) is 1.70. The van der Waals surface area contributed by atoms with Crippen molar-refractivity contribution < 1.29 is 4.90 Å². The Balaban J connectivity index is 1.63. The van der Waals surface area contributed by atoms with E-state index in [1.165, 1.54) is 42.7 Å². The van der Waals surface area contributed by atoms with Gasteiger partial charge in [-0.25, -0.2) is 0 Å². The van der Waals surface area contributed by atoms with Gasteiger partial charge in [-0.15, -0.1) is 0 Å². The molecule has 2 aromatic carbocycles. The molecule has 0 saturated heterocycles. The molecule has 1 nitrogen and oxygen atoms in total. The predicted molar refractivity (Wildman–Crippen MR) is 93.3 cm³/mol. The van der Waals surface area contributed by atoms with Crippen LogP contribution < -0.4 is 4.90 Å². The van der Waals surface area contributed by atoms with Crippen LogP contribution in [-0.2, 0) is 13.1 Å². The predicted octanol–water partition coefficient (Wildman–Crippen LogP) is 4.07. The van der Waals surface area contributed by atoms with Crippen LogP contribution in [-0.4, -0.2) is 6.54 Å². The van der Waals surface area contributed by atoms with E-state index in [4.69, 9.17) is 11.6 Å². The number of benzene rings is 2. The van der Waals surface area contributed by atoms with Gasteiger partial charge in [0.05, 0.1) is 6.54 Å². The van der Waals surface area contributed by atoms with Gasteiger partial charge in [0.2, 0.25) is 0 Å². The summed E-state index contributed by atoms with van der Waals surface area (Å²) in [7, 11) is 0. The van der Waals surface area contributed by atoms with Crippen LogP contribution in [0.4, 0.5) is 0 Å². The van der Waals surface area contributed by atoms with Crippen molar-refractivity contribution in [3.05, 3.63) is 70.2 Å². The molecule has 0 unspecified atom stereocenters. The molecule has 1 atom stereocenters. The molecule has 0 aliphatic carbocycles. The minimum atomic E-state index is 0.619. The third kappa shape index (κ3) is 3.53. The van der Waals surface area contributed by atoms with Crippen molar-refractivity contribution in [2.45, 2.75) is 39.3 Å². The Morgan fingerprint density at radius 3 is 2.09 bits per heavy atom. The van der Waals surface area contributed by atoms with Gasteiger partial charge in [-0.2, -0.15) is 0 Å². The summed E-state index contributed by atoms with van der Waals surface area (Å²) >= 11 is 6.02. The summed E-state index contributed by atoms with van der Waals surface area (Å²) in [6.07, 6.45) is 1.24. The van der Waals surface area contributed by atoms with Gasteiger partial charge in [-0.05, 0) is 29.5 Å². The van der Waals surface area contributed by atoms with Gasteiger partial charge in [0.1, 0.15) is 13.1 Å². The minimum Gasteiger partial charge on any atom is -0.327 e. The van der Waals surface area contributed by atoms with Gasteiger partial charge in [-0.3, -0.25) is 0 Å².